The molecule has 0 saturated carbocycles. The van der Waals surface area contributed by atoms with Crippen molar-refractivity contribution in [2.24, 2.45) is 0 Å². The second-order valence-corrected chi connectivity index (χ2v) is 5.47. The molecule has 1 heterocycles. The second-order valence-electron chi connectivity index (χ2n) is 5.47. The number of nitrogens with one attached hydrogen (secondary N) is 2. The fourth-order valence-corrected chi connectivity index (χ4v) is 2.56. The number of aryl methyl sites for hydroxylation is 2. The summed E-state index contributed by atoms with van der Waals surface area (Å²) in [7, 11) is 0. The summed E-state index contributed by atoms with van der Waals surface area (Å²) in [5.74, 6) is 0.0568. The van der Waals surface area contributed by atoms with Gasteiger partial charge in [0, 0.05) is 37.6 Å². The highest BCUT2D eigenvalue weighted by atomic mass is 16.1. The van der Waals surface area contributed by atoms with Gasteiger partial charge in [-0.2, -0.15) is 0 Å². The molecule has 2 rings (SSSR count). The number of para-hydroxylation sites is 1. The molecule has 2 aromatic rings. The first kappa shape index (κ1) is 17.0. The maximum atomic E-state index is 11.9. The highest BCUT2D eigenvalue weighted by molar-refractivity contribution is 5.76. The molecular weight excluding hydrogens is 286 g/mol. The van der Waals surface area contributed by atoms with Gasteiger partial charge in [0.15, 0.2) is 0 Å². The number of carbonyl (C=O) groups excluding carboxylic acids is 1. The average molecular weight is 311 g/mol. The van der Waals surface area contributed by atoms with Crippen molar-refractivity contribution in [3.05, 3.63) is 59.4 Å². The van der Waals surface area contributed by atoms with Crippen LogP contribution in [0.25, 0.3) is 0 Å². The minimum atomic E-state index is 0.0568. The summed E-state index contributed by atoms with van der Waals surface area (Å²) in [5, 5.41) is 6.38. The number of hydrogen-bond donors (Lipinski definition) is 2. The SMILES string of the molecule is CCc1cccc(CC)c1NCCC(=O)NCc1ccncc1. The van der Waals surface area contributed by atoms with E-state index in [2.05, 4.69) is 47.7 Å². The van der Waals surface area contributed by atoms with E-state index in [-0.39, 0.29) is 5.91 Å². The van der Waals surface area contributed by atoms with E-state index in [1.54, 1.807) is 12.4 Å². The number of hydrogen-bond acceptors (Lipinski definition) is 3. The van der Waals surface area contributed by atoms with Crippen LogP contribution in [0.4, 0.5) is 5.69 Å². The Morgan fingerprint density at radius 2 is 1.70 bits per heavy atom. The molecule has 0 radical (unpaired) electrons. The van der Waals surface area contributed by atoms with Crippen LogP contribution >= 0.6 is 0 Å². The minimum Gasteiger partial charge on any atom is -0.384 e. The zero-order chi connectivity index (χ0) is 16.5. The van der Waals surface area contributed by atoms with E-state index in [4.69, 9.17) is 0 Å². The zero-order valence-corrected chi connectivity index (χ0v) is 13.9. The van der Waals surface area contributed by atoms with Gasteiger partial charge >= 0.3 is 0 Å². The predicted octanol–water partition coefficient (Wildman–Crippen LogP) is 3.32. The molecule has 0 bridgehead atoms. The van der Waals surface area contributed by atoms with E-state index in [0.717, 1.165) is 18.4 Å². The Labute approximate surface area is 138 Å². The van der Waals surface area contributed by atoms with Crippen LogP contribution in [-0.4, -0.2) is 17.4 Å². The van der Waals surface area contributed by atoms with E-state index >= 15 is 0 Å². The molecule has 122 valence electrons. The molecule has 0 aliphatic heterocycles. The summed E-state index contributed by atoms with van der Waals surface area (Å²) < 4.78 is 0. The van der Waals surface area contributed by atoms with Crippen molar-refractivity contribution in [2.75, 3.05) is 11.9 Å². The third-order valence-corrected chi connectivity index (χ3v) is 3.89. The zero-order valence-electron chi connectivity index (χ0n) is 13.9. The molecule has 1 aromatic carbocycles. The first-order chi connectivity index (χ1) is 11.2. The fraction of sp³-hybridized carbons (Fsp3) is 0.368. The highest BCUT2D eigenvalue weighted by Gasteiger charge is 2.07. The number of rotatable bonds is 8. The third-order valence-electron chi connectivity index (χ3n) is 3.89. The molecule has 0 spiro atoms. The fourth-order valence-electron chi connectivity index (χ4n) is 2.56. The number of aromatic nitrogens is 1. The van der Waals surface area contributed by atoms with Gasteiger partial charge < -0.3 is 10.6 Å². The number of anilines is 1. The van der Waals surface area contributed by atoms with E-state index in [0.29, 0.717) is 19.5 Å². The third kappa shape index (κ3) is 5.09. The van der Waals surface area contributed by atoms with Crippen molar-refractivity contribution in [2.45, 2.75) is 39.7 Å². The first-order valence-corrected chi connectivity index (χ1v) is 8.24. The molecule has 0 saturated heterocycles. The van der Waals surface area contributed by atoms with E-state index in [9.17, 15) is 4.79 Å². The number of pyridine rings is 1. The van der Waals surface area contributed by atoms with Gasteiger partial charge in [-0.05, 0) is 41.7 Å². The Morgan fingerprint density at radius 1 is 1.04 bits per heavy atom. The quantitative estimate of drug-likeness (QED) is 0.786. The Kier molecular flexibility index (Phi) is 6.60. The van der Waals surface area contributed by atoms with Gasteiger partial charge in [0.05, 0.1) is 0 Å². The van der Waals surface area contributed by atoms with Crippen LogP contribution in [0.5, 0.6) is 0 Å². The van der Waals surface area contributed by atoms with Crippen LogP contribution in [-0.2, 0) is 24.2 Å². The van der Waals surface area contributed by atoms with Crippen LogP contribution in [0.1, 0.15) is 37.0 Å². The van der Waals surface area contributed by atoms with Crippen molar-refractivity contribution < 1.29 is 4.79 Å². The van der Waals surface area contributed by atoms with Gasteiger partial charge in [-0.15, -0.1) is 0 Å². The predicted molar refractivity (Wildman–Crippen MR) is 94.4 cm³/mol. The largest absolute Gasteiger partial charge is 0.384 e. The highest BCUT2D eigenvalue weighted by Crippen LogP contribution is 2.22. The maximum absolute atomic E-state index is 11.9. The smallest absolute Gasteiger partial charge is 0.222 e. The van der Waals surface area contributed by atoms with E-state index < -0.39 is 0 Å². The van der Waals surface area contributed by atoms with Crippen molar-refractivity contribution in [1.29, 1.82) is 0 Å². The minimum absolute atomic E-state index is 0.0568. The van der Waals surface area contributed by atoms with Crippen molar-refractivity contribution in [3.63, 3.8) is 0 Å². The van der Waals surface area contributed by atoms with E-state index in [1.165, 1.54) is 16.8 Å². The summed E-state index contributed by atoms with van der Waals surface area (Å²) in [6.45, 7) is 5.50. The molecule has 0 unspecified atom stereocenters. The van der Waals surface area contributed by atoms with Crippen molar-refractivity contribution in [3.8, 4) is 0 Å². The Bertz CT molecular complexity index is 604. The lowest BCUT2D eigenvalue weighted by Gasteiger charge is -2.15. The molecule has 1 amide bonds. The van der Waals surface area contributed by atoms with Gasteiger partial charge in [0.1, 0.15) is 0 Å². The average Bonchev–Trinajstić information content (AvgIpc) is 2.60. The normalized spacial score (nSPS) is 10.3. The van der Waals surface area contributed by atoms with Crippen molar-refractivity contribution in [1.82, 2.24) is 10.3 Å². The summed E-state index contributed by atoms with van der Waals surface area (Å²) in [4.78, 5) is 15.9. The van der Waals surface area contributed by atoms with Crippen LogP contribution in [0.3, 0.4) is 0 Å². The van der Waals surface area contributed by atoms with Gasteiger partial charge in [-0.3, -0.25) is 9.78 Å². The van der Waals surface area contributed by atoms with Gasteiger partial charge in [-0.1, -0.05) is 32.0 Å². The Balaban J connectivity index is 1.82. The van der Waals surface area contributed by atoms with Crippen LogP contribution in [0.15, 0.2) is 42.7 Å². The van der Waals surface area contributed by atoms with E-state index in [1.807, 2.05) is 12.1 Å². The second kappa shape index (κ2) is 8.93. The lowest BCUT2D eigenvalue weighted by molar-refractivity contribution is -0.121. The Morgan fingerprint density at radius 3 is 2.30 bits per heavy atom. The lowest BCUT2D eigenvalue weighted by Crippen LogP contribution is -2.25. The number of carbonyl (C=O) groups is 1. The van der Waals surface area contributed by atoms with Crippen LogP contribution in [0.2, 0.25) is 0 Å². The summed E-state index contributed by atoms with van der Waals surface area (Å²) in [6, 6.07) is 10.2. The molecule has 2 N–H and O–H groups in total. The molecule has 0 aliphatic rings. The number of nitrogens with zero attached hydrogens (tertiary/aromatic N) is 1. The van der Waals surface area contributed by atoms with Gasteiger partial charge in [-0.25, -0.2) is 0 Å². The van der Waals surface area contributed by atoms with Crippen LogP contribution < -0.4 is 10.6 Å². The molecular formula is C19H25N3O. The Hall–Kier alpha value is -2.36. The molecule has 4 nitrogen and oxygen atoms in total. The first-order valence-electron chi connectivity index (χ1n) is 8.24. The molecule has 0 atom stereocenters. The lowest BCUT2D eigenvalue weighted by atomic mass is 10.0. The van der Waals surface area contributed by atoms with Crippen molar-refractivity contribution >= 4 is 11.6 Å². The van der Waals surface area contributed by atoms with Gasteiger partial charge in [0.25, 0.3) is 0 Å². The summed E-state index contributed by atoms with van der Waals surface area (Å²) in [6.07, 6.45) is 5.91. The summed E-state index contributed by atoms with van der Waals surface area (Å²) >= 11 is 0. The topological polar surface area (TPSA) is 54.0 Å². The van der Waals surface area contributed by atoms with Gasteiger partial charge in [0.2, 0.25) is 5.91 Å². The maximum Gasteiger partial charge on any atom is 0.222 e. The molecule has 23 heavy (non-hydrogen) atoms. The number of amides is 1. The summed E-state index contributed by atoms with van der Waals surface area (Å²) in [5.41, 5.74) is 4.87. The van der Waals surface area contributed by atoms with Crippen LogP contribution in [0, 0.1) is 0 Å². The number of benzene rings is 1. The monoisotopic (exact) mass is 311 g/mol. The molecule has 1 aromatic heterocycles. The molecule has 0 aliphatic carbocycles. The molecule has 4 heteroatoms. The molecule has 0 fully saturated rings. The standard InChI is InChI=1S/C19H25N3O/c1-3-16-6-5-7-17(4-2)19(16)21-13-10-18(23)22-14-15-8-11-20-12-9-15/h5-9,11-12,21H,3-4,10,13-14H2,1-2H3,(H,22,23).